The van der Waals surface area contributed by atoms with Gasteiger partial charge in [-0.15, -0.1) is 0 Å². The zero-order valence-corrected chi connectivity index (χ0v) is 15.3. The molecule has 0 aliphatic heterocycles. The Morgan fingerprint density at radius 3 is 2.48 bits per heavy atom. The minimum Gasteiger partial charge on any atom is -0.465 e. The number of rotatable bonds is 5. The third-order valence-electron chi connectivity index (χ3n) is 3.60. The monoisotopic (exact) mass is 379 g/mol. The first kappa shape index (κ1) is 18.3. The highest BCUT2D eigenvalue weighted by Crippen LogP contribution is 2.14. The van der Waals surface area contributed by atoms with Crippen LogP contribution in [-0.2, 0) is 4.74 Å². The van der Waals surface area contributed by atoms with Crippen molar-refractivity contribution in [3.8, 4) is 5.69 Å². The van der Waals surface area contributed by atoms with Gasteiger partial charge in [-0.1, -0.05) is 36.4 Å². The van der Waals surface area contributed by atoms with Crippen LogP contribution in [-0.4, -0.2) is 34.2 Å². The molecular formula is C19H17N5O2S. The predicted octanol–water partition coefficient (Wildman–Crippen LogP) is 2.98. The number of nitrogens with one attached hydrogen (secondary N) is 2. The normalized spacial score (nSPS) is 10.6. The van der Waals surface area contributed by atoms with Crippen molar-refractivity contribution in [1.29, 1.82) is 0 Å². The maximum Gasteiger partial charge on any atom is 0.341 e. The van der Waals surface area contributed by atoms with Crippen molar-refractivity contribution in [3.63, 3.8) is 0 Å². The van der Waals surface area contributed by atoms with Gasteiger partial charge in [-0.05, 0) is 36.5 Å². The summed E-state index contributed by atoms with van der Waals surface area (Å²) in [6, 6.07) is 18.9. The molecule has 1 aromatic heterocycles. The number of thiocarbonyl (C=S) groups is 1. The van der Waals surface area contributed by atoms with Gasteiger partial charge in [-0.25, -0.2) is 9.48 Å². The summed E-state index contributed by atoms with van der Waals surface area (Å²) in [4.78, 5) is 12.0. The minimum absolute atomic E-state index is 0.300. The average Bonchev–Trinajstić information content (AvgIpc) is 3.12. The predicted molar refractivity (Wildman–Crippen MR) is 108 cm³/mol. The van der Waals surface area contributed by atoms with Crippen molar-refractivity contribution in [2.45, 2.75) is 0 Å². The molecule has 0 atom stereocenters. The van der Waals surface area contributed by atoms with Crippen LogP contribution in [0.3, 0.4) is 0 Å². The molecule has 2 N–H and O–H groups in total. The summed E-state index contributed by atoms with van der Waals surface area (Å²) in [5.41, 5.74) is 5.14. The number of carbonyl (C=O) groups is 1. The number of hydrazone groups is 1. The Labute approximate surface area is 161 Å². The average molecular weight is 379 g/mol. The number of anilines is 1. The topological polar surface area (TPSA) is 80.5 Å². The Morgan fingerprint density at radius 1 is 1.15 bits per heavy atom. The number of aromatic nitrogens is 2. The quantitative estimate of drug-likeness (QED) is 0.307. The van der Waals surface area contributed by atoms with Crippen molar-refractivity contribution in [2.75, 3.05) is 12.4 Å². The standard InChI is InChI=1S/C19H17N5O2S/c1-26-18(25)16-12-21-24(15-10-6-3-7-11-15)17(16)13-20-23-19(27)22-14-8-4-2-5-9-14/h2-13H,1H3,(H2,22,23,27)/b20-13-. The molecule has 0 aliphatic carbocycles. The number of hydrogen-bond donors (Lipinski definition) is 2. The van der Waals surface area contributed by atoms with Crippen molar-refractivity contribution >= 4 is 35.2 Å². The van der Waals surface area contributed by atoms with Gasteiger partial charge in [0.1, 0.15) is 11.3 Å². The molecule has 0 saturated heterocycles. The molecule has 1 heterocycles. The fourth-order valence-electron chi connectivity index (χ4n) is 2.36. The highest BCUT2D eigenvalue weighted by molar-refractivity contribution is 7.80. The summed E-state index contributed by atoms with van der Waals surface area (Å²) in [7, 11) is 1.32. The second kappa shape index (κ2) is 8.72. The van der Waals surface area contributed by atoms with Gasteiger partial charge < -0.3 is 10.1 Å². The molecule has 136 valence electrons. The lowest BCUT2D eigenvalue weighted by Gasteiger charge is -2.07. The van der Waals surface area contributed by atoms with E-state index in [2.05, 4.69) is 20.9 Å². The molecule has 27 heavy (non-hydrogen) atoms. The van der Waals surface area contributed by atoms with E-state index in [9.17, 15) is 4.79 Å². The molecule has 0 spiro atoms. The molecular weight excluding hydrogens is 362 g/mol. The van der Waals surface area contributed by atoms with E-state index < -0.39 is 5.97 Å². The number of methoxy groups -OCH3 is 1. The molecule has 7 nitrogen and oxygen atoms in total. The van der Waals surface area contributed by atoms with Crippen LogP contribution >= 0.6 is 12.2 Å². The smallest absolute Gasteiger partial charge is 0.341 e. The van der Waals surface area contributed by atoms with Gasteiger partial charge in [0, 0.05) is 5.69 Å². The molecule has 0 radical (unpaired) electrons. The molecule has 3 rings (SSSR count). The number of esters is 1. The van der Waals surface area contributed by atoms with Crippen molar-refractivity contribution in [3.05, 3.63) is 78.1 Å². The highest BCUT2D eigenvalue weighted by Gasteiger charge is 2.17. The molecule has 0 bridgehead atoms. The Morgan fingerprint density at radius 2 is 1.81 bits per heavy atom. The van der Waals surface area contributed by atoms with Crippen molar-refractivity contribution < 1.29 is 9.53 Å². The molecule has 0 amide bonds. The summed E-state index contributed by atoms with van der Waals surface area (Å²) >= 11 is 5.21. The lowest BCUT2D eigenvalue weighted by molar-refractivity contribution is 0.0600. The van der Waals surface area contributed by atoms with Gasteiger partial charge >= 0.3 is 5.97 Å². The van der Waals surface area contributed by atoms with Crippen molar-refractivity contribution in [2.24, 2.45) is 5.10 Å². The van der Waals surface area contributed by atoms with E-state index in [-0.39, 0.29) is 0 Å². The van der Waals surface area contributed by atoms with Crippen LogP contribution in [0.2, 0.25) is 0 Å². The first-order chi connectivity index (χ1) is 13.2. The molecule has 0 unspecified atom stereocenters. The van der Waals surface area contributed by atoms with Gasteiger partial charge in [-0.3, -0.25) is 5.43 Å². The van der Waals surface area contributed by atoms with Crippen LogP contribution in [0.4, 0.5) is 5.69 Å². The molecule has 8 heteroatoms. The summed E-state index contributed by atoms with van der Waals surface area (Å²) < 4.78 is 6.42. The Hall–Kier alpha value is -3.52. The third kappa shape index (κ3) is 4.56. The van der Waals surface area contributed by atoms with Gasteiger partial charge in [0.2, 0.25) is 0 Å². The molecule has 2 aromatic carbocycles. The lowest BCUT2D eigenvalue weighted by atomic mass is 10.2. The van der Waals surface area contributed by atoms with Gasteiger partial charge in [0.15, 0.2) is 5.11 Å². The minimum atomic E-state index is -0.497. The van der Waals surface area contributed by atoms with Gasteiger partial charge in [0.25, 0.3) is 0 Å². The van der Waals surface area contributed by atoms with Crippen LogP contribution in [0.25, 0.3) is 5.69 Å². The van der Waals surface area contributed by atoms with E-state index in [0.29, 0.717) is 16.4 Å². The van der Waals surface area contributed by atoms with E-state index in [1.54, 1.807) is 4.68 Å². The Kier molecular flexibility index (Phi) is 5.91. The number of hydrogen-bond acceptors (Lipinski definition) is 5. The largest absolute Gasteiger partial charge is 0.465 e. The maximum absolute atomic E-state index is 12.0. The molecule has 0 saturated carbocycles. The van der Waals surface area contributed by atoms with E-state index in [4.69, 9.17) is 17.0 Å². The fraction of sp³-hybridized carbons (Fsp3) is 0.0526. The zero-order valence-electron chi connectivity index (χ0n) is 14.5. The first-order valence-corrected chi connectivity index (χ1v) is 8.46. The van der Waals surface area contributed by atoms with E-state index in [1.807, 2.05) is 60.7 Å². The second-order valence-corrected chi connectivity index (χ2v) is 5.78. The van der Waals surface area contributed by atoms with Crippen LogP contribution in [0, 0.1) is 0 Å². The first-order valence-electron chi connectivity index (χ1n) is 8.06. The molecule has 0 aliphatic rings. The van der Waals surface area contributed by atoms with E-state index >= 15 is 0 Å². The second-order valence-electron chi connectivity index (χ2n) is 5.37. The lowest BCUT2D eigenvalue weighted by Crippen LogP contribution is -2.24. The number of carbonyl (C=O) groups excluding carboxylic acids is 1. The van der Waals surface area contributed by atoms with Gasteiger partial charge in [-0.2, -0.15) is 10.2 Å². The third-order valence-corrected chi connectivity index (χ3v) is 3.79. The Balaban J connectivity index is 1.80. The summed E-state index contributed by atoms with van der Waals surface area (Å²) in [5, 5.41) is 11.7. The van der Waals surface area contributed by atoms with E-state index in [0.717, 1.165) is 11.4 Å². The highest BCUT2D eigenvalue weighted by atomic mass is 32.1. The van der Waals surface area contributed by atoms with Crippen LogP contribution < -0.4 is 10.7 Å². The van der Waals surface area contributed by atoms with Crippen LogP contribution in [0.1, 0.15) is 16.1 Å². The van der Waals surface area contributed by atoms with Crippen LogP contribution in [0.15, 0.2) is 72.0 Å². The van der Waals surface area contributed by atoms with E-state index in [1.165, 1.54) is 19.5 Å². The van der Waals surface area contributed by atoms with Crippen LogP contribution in [0.5, 0.6) is 0 Å². The molecule has 0 fully saturated rings. The number of benzene rings is 2. The SMILES string of the molecule is COC(=O)c1cnn(-c2ccccc2)c1/C=N\NC(=S)Nc1ccccc1. The zero-order chi connectivity index (χ0) is 19.1. The number of nitrogens with zero attached hydrogens (tertiary/aromatic N) is 3. The summed E-state index contributed by atoms with van der Waals surface area (Å²) in [6.45, 7) is 0. The summed E-state index contributed by atoms with van der Waals surface area (Å²) in [5.74, 6) is -0.497. The summed E-state index contributed by atoms with van der Waals surface area (Å²) in [6.07, 6.45) is 2.92. The number of para-hydroxylation sites is 2. The maximum atomic E-state index is 12.0. The molecule has 3 aromatic rings. The Bertz CT molecular complexity index is 955. The van der Waals surface area contributed by atoms with Gasteiger partial charge in [0.05, 0.1) is 25.2 Å². The number of ether oxygens (including phenoxy) is 1. The van der Waals surface area contributed by atoms with Crippen molar-refractivity contribution in [1.82, 2.24) is 15.2 Å². The fourth-order valence-corrected chi connectivity index (χ4v) is 2.53.